The predicted octanol–water partition coefficient (Wildman–Crippen LogP) is 4.87. The summed E-state index contributed by atoms with van der Waals surface area (Å²) in [7, 11) is 0. The molecule has 0 atom stereocenters. The zero-order valence-corrected chi connectivity index (χ0v) is 17.3. The molecule has 0 heterocycles. The van der Waals surface area contributed by atoms with Crippen LogP contribution >= 0.6 is 0 Å². The van der Waals surface area contributed by atoms with Crippen LogP contribution in [0.3, 0.4) is 0 Å². The summed E-state index contributed by atoms with van der Waals surface area (Å²) in [5.41, 5.74) is 1.28. The highest BCUT2D eigenvalue weighted by Gasteiger charge is 2.11. The quantitative estimate of drug-likeness (QED) is 0.421. The minimum atomic E-state index is -0.271. The number of ether oxygens (including phenoxy) is 2. The summed E-state index contributed by atoms with van der Waals surface area (Å²) in [6, 6.07) is 29.4. The van der Waals surface area contributed by atoms with Gasteiger partial charge in [0, 0.05) is 22.1 Å². The molecule has 0 unspecified atom stereocenters. The molecule has 0 spiro atoms. The third-order valence-electron chi connectivity index (χ3n) is 4.70. The molecule has 32 heavy (non-hydrogen) atoms. The second-order valence-corrected chi connectivity index (χ2v) is 7.01. The Morgan fingerprint density at radius 2 is 0.938 bits per heavy atom. The molecule has 0 aliphatic carbocycles. The van der Waals surface area contributed by atoms with E-state index in [1.54, 1.807) is 24.3 Å². The highest BCUT2D eigenvalue weighted by molar-refractivity contribution is 6.09. The lowest BCUT2D eigenvalue weighted by Gasteiger charge is -2.13. The SMILES string of the molecule is O=C(COc1ccccc1)Nc1cccc2c(NC(=O)COc3ccccc3)cccc12. The fourth-order valence-electron chi connectivity index (χ4n) is 3.23. The van der Waals surface area contributed by atoms with E-state index in [0.717, 1.165) is 10.8 Å². The first kappa shape index (κ1) is 20.9. The highest BCUT2D eigenvalue weighted by Crippen LogP contribution is 2.29. The van der Waals surface area contributed by atoms with Gasteiger partial charge in [-0.2, -0.15) is 0 Å². The zero-order valence-electron chi connectivity index (χ0n) is 17.3. The van der Waals surface area contributed by atoms with Gasteiger partial charge in [0.05, 0.1) is 0 Å². The average molecular weight is 426 g/mol. The van der Waals surface area contributed by atoms with Crippen molar-refractivity contribution in [2.75, 3.05) is 23.8 Å². The van der Waals surface area contributed by atoms with Gasteiger partial charge in [0.15, 0.2) is 13.2 Å². The van der Waals surface area contributed by atoms with E-state index in [1.165, 1.54) is 0 Å². The topological polar surface area (TPSA) is 76.7 Å². The molecular formula is C26H22N2O4. The van der Waals surface area contributed by atoms with Crippen LogP contribution in [0.4, 0.5) is 11.4 Å². The molecule has 0 fully saturated rings. The number of amides is 2. The van der Waals surface area contributed by atoms with Crippen molar-refractivity contribution >= 4 is 34.0 Å². The Morgan fingerprint density at radius 3 is 1.34 bits per heavy atom. The zero-order chi connectivity index (χ0) is 22.2. The van der Waals surface area contributed by atoms with Crippen LogP contribution in [0, 0.1) is 0 Å². The number of nitrogens with one attached hydrogen (secondary N) is 2. The lowest BCUT2D eigenvalue weighted by molar-refractivity contribution is -0.118. The molecule has 0 aromatic heterocycles. The fraction of sp³-hybridized carbons (Fsp3) is 0.0769. The van der Waals surface area contributed by atoms with Crippen LogP contribution in [0.5, 0.6) is 11.5 Å². The van der Waals surface area contributed by atoms with E-state index in [0.29, 0.717) is 22.9 Å². The molecule has 0 saturated carbocycles. The van der Waals surface area contributed by atoms with Gasteiger partial charge in [0.2, 0.25) is 0 Å². The fourth-order valence-corrected chi connectivity index (χ4v) is 3.23. The summed E-state index contributed by atoms with van der Waals surface area (Å²) in [4.78, 5) is 24.8. The summed E-state index contributed by atoms with van der Waals surface area (Å²) in [6.07, 6.45) is 0. The number of para-hydroxylation sites is 2. The second kappa shape index (κ2) is 10.1. The number of hydrogen-bond acceptors (Lipinski definition) is 4. The molecular weight excluding hydrogens is 404 g/mol. The van der Waals surface area contributed by atoms with Crippen LogP contribution in [0.15, 0.2) is 97.1 Å². The Morgan fingerprint density at radius 1 is 0.531 bits per heavy atom. The van der Waals surface area contributed by atoms with Gasteiger partial charge in [-0.05, 0) is 36.4 Å². The maximum Gasteiger partial charge on any atom is 0.262 e. The number of fused-ring (bicyclic) bond motifs is 1. The molecule has 6 nitrogen and oxygen atoms in total. The molecule has 0 aliphatic rings. The summed E-state index contributed by atoms with van der Waals surface area (Å²) in [5, 5.41) is 7.38. The van der Waals surface area contributed by atoms with Crippen molar-refractivity contribution in [2.45, 2.75) is 0 Å². The smallest absolute Gasteiger partial charge is 0.262 e. The normalized spacial score (nSPS) is 10.4. The van der Waals surface area contributed by atoms with Gasteiger partial charge in [-0.1, -0.05) is 60.7 Å². The number of carbonyl (C=O) groups excluding carboxylic acids is 2. The van der Waals surface area contributed by atoms with Gasteiger partial charge >= 0.3 is 0 Å². The highest BCUT2D eigenvalue weighted by atomic mass is 16.5. The van der Waals surface area contributed by atoms with Crippen molar-refractivity contribution in [2.24, 2.45) is 0 Å². The summed E-state index contributed by atoms with van der Waals surface area (Å²) >= 11 is 0. The first-order chi connectivity index (χ1) is 15.7. The number of carbonyl (C=O) groups is 2. The monoisotopic (exact) mass is 426 g/mol. The van der Waals surface area contributed by atoms with E-state index in [-0.39, 0.29) is 25.0 Å². The number of rotatable bonds is 8. The standard InChI is InChI=1S/C26H22N2O4/c29-25(17-31-19-9-3-1-4-10-19)27-23-15-7-14-22-21(23)13-8-16-24(22)28-26(30)18-32-20-11-5-2-6-12-20/h1-16H,17-18H2,(H,27,29)(H,28,30). The van der Waals surface area contributed by atoms with Gasteiger partial charge in [-0.25, -0.2) is 0 Å². The van der Waals surface area contributed by atoms with Crippen molar-refractivity contribution in [1.29, 1.82) is 0 Å². The first-order valence-electron chi connectivity index (χ1n) is 10.2. The van der Waals surface area contributed by atoms with Crippen LogP contribution in [-0.2, 0) is 9.59 Å². The van der Waals surface area contributed by atoms with Gasteiger partial charge in [0.25, 0.3) is 11.8 Å². The number of hydrogen-bond donors (Lipinski definition) is 2. The van der Waals surface area contributed by atoms with E-state index < -0.39 is 0 Å². The maximum absolute atomic E-state index is 12.4. The van der Waals surface area contributed by atoms with E-state index in [2.05, 4.69) is 10.6 Å². The Labute approximate surface area is 185 Å². The molecule has 0 saturated heterocycles. The molecule has 2 amide bonds. The minimum Gasteiger partial charge on any atom is -0.484 e. The van der Waals surface area contributed by atoms with Crippen LogP contribution in [0.1, 0.15) is 0 Å². The Balaban J connectivity index is 1.42. The predicted molar refractivity (Wildman–Crippen MR) is 125 cm³/mol. The molecule has 160 valence electrons. The minimum absolute atomic E-state index is 0.104. The van der Waals surface area contributed by atoms with Gasteiger partial charge in [0.1, 0.15) is 11.5 Å². The van der Waals surface area contributed by atoms with Crippen LogP contribution in [0.25, 0.3) is 10.8 Å². The molecule has 4 rings (SSSR count). The van der Waals surface area contributed by atoms with Crippen molar-refractivity contribution in [1.82, 2.24) is 0 Å². The Kier molecular flexibility index (Phi) is 6.63. The van der Waals surface area contributed by atoms with Crippen molar-refractivity contribution < 1.29 is 19.1 Å². The number of benzene rings is 4. The number of anilines is 2. The first-order valence-corrected chi connectivity index (χ1v) is 10.2. The largest absolute Gasteiger partial charge is 0.484 e. The summed E-state index contributed by atoms with van der Waals surface area (Å²) < 4.78 is 11.0. The molecule has 4 aromatic carbocycles. The van der Waals surface area contributed by atoms with Crippen molar-refractivity contribution in [3.8, 4) is 11.5 Å². The van der Waals surface area contributed by atoms with Gasteiger partial charge in [-0.3, -0.25) is 9.59 Å². The van der Waals surface area contributed by atoms with E-state index in [1.807, 2.05) is 72.8 Å². The van der Waals surface area contributed by atoms with Crippen molar-refractivity contribution in [3.63, 3.8) is 0 Å². The third kappa shape index (κ3) is 5.43. The summed E-state index contributed by atoms with van der Waals surface area (Å²) in [5.74, 6) is 0.714. The summed E-state index contributed by atoms with van der Waals surface area (Å²) in [6.45, 7) is -0.207. The second-order valence-electron chi connectivity index (χ2n) is 7.01. The Bertz CT molecular complexity index is 1110. The Hall–Kier alpha value is -4.32. The van der Waals surface area contributed by atoms with E-state index >= 15 is 0 Å². The third-order valence-corrected chi connectivity index (χ3v) is 4.70. The van der Waals surface area contributed by atoms with Crippen molar-refractivity contribution in [3.05, 3.63) is 97.1 Å². The van der Waals surface area contributed by atoms with Crippen LogP contribution in [0.2, 0.25) is 0 Å². The van der Waals surface area contributed by atoms with E-state index in [4.69, 9.17) is 9.47 Å². The van der Waals surface area contributed by atoms with Gasteiger partial charge < -0.3 is 20.1 Å². The van der Waals surface area contributed by atoms with Crippen LogP contribution in [-0.4, -0.2) is 25.0 Å². The molecule has 2 N–H and O–H groups in total. The molecule has 6 heteroatoms. The lowest BCUT2D eigenvalue weighted by Crippen LogP contribution is -2.21. The van der Waals surface area contributed by atoms with E-state index in [9.17, 15) is 9.59 Å². The molecule has 0 radical (unpaired) electrons. The molecule has 0 bridgehead atoms. The molecule has 0 aliphatic heterocycles. The van der Waals surface area contributed by atoms with Crippen LogP contribution < -0.4 is 20.1 Å². The van der Waals surface area contributed by atoms with Gasteiger partial charge in [-0.15, -0.1) is 0 Å². The lowest BCUT2D eigenvalue weighted by atomic mass is 10.1. The molecule has 4 aromatic rings. The average Bonchev–Trinajstić information content (AvgIpc) is 2.83. The maximum atomic E-state index is 12.4.